The first kappa shape index (κ1) is 17.3. The molecule has 0 fully saturated rings. The van der Waals surface area contributed by atoms with Gasteiger partial charge < -0.3 is 14.2 Å². The first-order valence-corrected chi connectivity index (χ1v) is 7.14. The first-order chi connectivity index (χ1) is 11.5. The highest BCUT2D eigenvalue weighted by Gasteiger charge is 2.20. The predicted molar refractivity (Wildman–Crippen MR) is 86.5 cm³/mol. The topological polar surface area (TPSA) is 87.9 Å². The summed E-state index contributed by atoms with van der Waals surface area (Å²) in [7, 11) is 3.03. The Kier molecular flexibility index (Phi) is 5.36. The van der Waals surface area contributed by atoms with Crippen LogP contribution >= 0.6 is 0 Å². The average molecular weight is 331 g/mol. The number of esters is 1. The van der Waals surface area contributed by atoms with Crippen molar-refractivity contribution >= 4 is 11.7 Å². The molecule has 0 saturated heterocycles. The summed E-state index contributed by atoms with van der Waals surface area (Å²) in [5, 5.41) is 10.6. The van der Waals surface area contributed by atoms with Gasteiger partial charge in [0, 0.05) is 17.7 Å². The Bertz CT molecular complexity index is 741. The van der Waals surface area contributed by atoms with E-state index in [4.69, 9.17) is 14.2 Å². The van der Waals surface area contributed by atoms with E-state index in [2.05, 4.69) is 0 Å². The number of benzene rings is 2. The van der Waals surface area contributed by atoms with E-state index in [-0.39, 0.29) is 11.3 Å². The van der Waals surface area contributed by atoms with Crippen molar-refractivity contribution in [3.63, 3.8) is 0 Å². The van der Waals surface area contributed by atoms with Crippen LogP contribution in [0.3, 0.4) is 0 Å². The van der Waals surface area contributed by atoms with Crippen LogP contribution in [0.25, 0.3) is 0 Å². The molecule has 0 radical (unpaired) electrons. The van der Waals surface area contributed by atoms with Crippen molar-refractivity contribution in [2.75, 3.05) is 14.2 Å². The van der Waals surface area contributed by atoms with Gasteiger partial charge in [-0.3, -0.25) is 10.1 Å². The third kappa shape index (κ3) is 3.62. The van der Waals surface area contributed by atoms with Crippen LogP contribution in [-0.2, 0) is 4.74 Å². The van der Waals surface area contributed by atoms with Crippen LogP contribution in [0.15, 0.2) is 42.5 Å². The number of nitro groups is 1. The monoisotopic (exact) mass is 331 g/mol. The molecule has 0 aliphatic heterocycles. The summed E-state index contributed by atoms with van der Waals surface area (Å²) in [5.41, 5.74) is 0.801. The molecular formula is C17H17NO6. The number of ether oxygens (including phenoxy) is 3. The zero-order valence-electron chi connectivity index (χ0n) is 13.5. The smallest absolute Gasteiger partial charge is 0.338 e. The van der Waals surface area contributed by atoms with Crippen LogP contribution in [0.2, 0.25) is 0 Å². The summed E-state index contributed by atoms with van der Waals surface area (Å²) in [4.78, 5) is 22.3. The Morgan fingerprint density at radius 2 is 1.75 bits per heavy atom. The van der Waals surface area contributed by atoms with Crippen molar-refractivity contribution in [1.82, 2.24) is 0 Å². The summed E-state index contributed by atoms with van der Waals surface area (Å²) in [6.45, 7) is 1.71. The fraction of sp³-hybridized carbons (Fsp3) is 0.235. The molecule has 0 bridgehead atoms. The molecule has 0 spiro atoms. The Morgan fingerprint density at radius 1 is 1.08 bits per heavy atom. The standard InChI is InChI=1S/C17H17NO6/c1-11(14-5-4-6-15(22-2)16(14)23-3)24-17(19)12-7-9-13(10-8-12)18(20)21/h4-11H,1-3H3/t11-/m0/s1. The van der Waals surface area contributed by atoms with E-state index in [0.29, 0.717) is 17.1 Å². The maximum atomic E-state index is 12.2. The Labute approximate surface area is 138 Å². The molecule has 0 unspecified atom stereocenters. The molecule has 0 amide bonds. The summed E-state index contributed by atoms with van der Waals surface area (Å²) in [5.74, 6) is 0.444. The van der Waals surface area contributed by atoms with Crippen molar-refractivity contribution < 1.29 is 23.9 Å². The molecule has 0 N–H and O–H groups in total. The number of nitro benzene ring substituents is 1. The van der Waals surface area contributed by atoms with E-state index in [9.17, 15) is 14.9 Å². The summed E-state index contributed by atoms with van der Waals surface area (Å²) in [6, 6.07) is 10.5. The minimum atomic E-state index is -0.585. The second-order valence-electron chi connectivity index (χ2n) is 4.93. The second kappa shape index (κ2) is 7.45. The molecule has 126 valence electrons. The lowest BCUT2D eigenvalue weighted by Crippen LogP contribution is -2.10. The summed E-state index contributed by atoms with van der Waals surface area (Å²) < 4.78 is 16.0. The lowest BCUT2D eigenvalue weighted by molar-refractivity contribution is -0.384. The van der Waals surface area contributed by atoms with E-state index in [1.807, 2.05) is 0 Å². The Balaban J connectivity index is 2.18. The van der Waals surface area contributed by atoms with Gasteiger partial charge in [-0.25, -0.2) is 4.79 Å². The van der Waals surface area contributed by atoms with Gasteiger partial charge in [-0.1, -0.05) is 12.1 Å². The van der Waals surface area contributed by atoms with E-state index in [1.54, 1.807) is 25.1 Å². The molecule has 0 heterocycles. The quantitative estimate of drug-likeness (QED) is 0.457. The molecule has 2 aromatic carbocycles. The highest BCUT2D eigenvalue weighted by Crippen LogP contribution is 2.36. The fourth-order valence-corrected chi connectivity index (χ4v) is 2.24. The summed E-state index contributed by atoms with van der Waals surface area (Å²) >= 11 is 0. The molecule has 2 rings (SSSR count). The minimum absolute atomic E-state index is 0.0888. The normalized spacial score (nSPS) is 11.5. The van der Waals surface area contributed by atoms with E-state index < -0.39 is 17.0 Å². The number of rotatable bonds is 6. The van der Waals surface area contributed by atoms with Crippen LogP contribution in [0.4, 0.5) is 5.69 Å². The van der Waals surface area contributed by atoms with Gasteiger partial charge in [0.1, 0.15) is 6.10 Å². The zero-order chi connectivity index (χ0) is 17.7. The average Bonchev–Trinajstić information content (AvgIpc) is 2.60. The van der Waals surface area contributed by atoms with Crippen molar-refractivity contribution in [2.24, 2.45) is 0 Å². The molecule has 0 aromatic heterocycles. The first-order valence-electron chi connectivity index (χ1n) is 7.14. The molecule has 0 saturated carbocycles. The zero-order valence-corrected chi connectivity index (χ0v) is 13.5. The van der Waals surface area contributed by atoms with E-state index in [0.717, 1.165) is 0 Å². The third-order valence-corrected chi connectivity index (χ3v) is 3.47. The predicted octanol–water partition coefficient (Wildman–Crippen LogP) is 3.53. The van der Waals surface area contributed by atoms with Gasteiger partial charge in [0.05, 0.1) is 24.7 Å². The van der Waals surface area contributed by atoms with Crippen molar-refractivity contribution in [3.05, 3.63) is 63.7 Å². The fourth-order valence-electron chi connectivity index (χ4n) is 2.24. The SMILES string of the molecule is COc1cccc([C@H](C)OC(=O)c2ccc([N+](=O)[O-])cc2)c1OC. The number of hydrogen-bond donors (Lipinski definition) is 0. The number of non-ortho nitro benzene ring substituents is 1. The lowest BCUT2D eigenvalue weighted by Gasteiger charge is -2.18. The number of para-hydroxylation sites is 1. The molecule has 1 atom stereocenters. The van der Waals surface area contributed by atoms with Gasteiger partial charge in [0.2, 0.25) is 0 Å². The summed E-state index contributed by atoms with van der Waals surface area (Å²) in [6.07, 6.45) is -0.585. The van der Waals surface area contributed by atoms with Crippen molar-refractivity contribution in [3.8, 4) is 11.5 Å². The molecule has 7 nitrogen and oxygen atoms in total. The maximum absolute atomic E-state index is 12.2. The third-order valence-electron chi connectivity index (χ3n) is 3.47. The van der Waals surface area contributed by atoms with Crippen LogP contribution in [0, 0.1) is 10.1 Å². The van der Waals surface area contributed by atoms with Crippen molar-refractivity contribution in [2.45, 2.75) is 13.0 Å². The van der Waals surface area contributed by atoms with Crippen LogP contribution in [-0.4, -0.2) is 25.1 Å². The molecule has 7 heteroatoms. The maximum Gasteiger partial charge on any atom is 0.338 e. The molecule has 0 aliphatic carbocycles. The van der Waals surface area contributed by atoms with E-state index in [1.165, 1.54) is 38.5 Å². The lowest BCUT2D eigenvalue weighted by atomic mass is 10.1. The molecular weight excluding hydrogens is 314 g/mol. The Morgan fingerprint density at radius 3 is 2.29 bits per heavy atom. The highest BCUT2D eigenvalue weighted by molar-refractivity contribution is 5.89. The number of nitrogens with zero attached hydrogens (tertiary/aromatic N) is 1. The number of methoxy groups -OCH3 is 2. The van der Waals surface area contributed by atoms with Gasteiger partial charge in [0.25, 0.3) is 5.69 Å². The second-order valence-corrected chi connectivity index (χ2v) is 4.93. The van der Waals surface area contributed by atoms with Crippen LogP contribution in [0.1, 0.15) is 28.9 Å². The number of hydrogen-bond acceptors (Lipinski definition) is 6. The highest BCUT2D eigenvalue weighted by atomic mass is 16.6. The minimum Gasteiger partial charge on any atom is -0.493 e. The van der Waals surface area contributed by atoms with Gasteiger partial charge in [0.15, 0.2) is 11.5 Å². The van der Waals surface area contributed by atoms with Crippen molar-refractivity contribution in [1.29, 1.82) is 0 Å². The largest absolute Gasteiger partial charge is 0.493 e. The molecule has 2 aromatic rings. The van der Waals surface area contributed by atoms with Gasteiger partial charge >= 0.3 is 5.97 Å². The van der Waals surface area contributed by atoms with E-state index >= 15 is 0 Å². The molecule has 24 heavy (non-hydrogen) atoms. The number of carbonyl (C=O) groups excluding carboxylic acids is 1. The Hall–Kier alpha value is -3.09. The molecule has 0 aliphatic rings. The van der Waals surface area contributed by atoms with Gasteiger partial charge in [-0.15, -0.1) is 0 Å². The van der Waals surface area contributed by atoms with Gasteiger partial charge in [-0.2, -0.15) is 0 Å². The van der Waals surface area contributed by atoms with Crippen LogP contribution < -0.4 is 9.47 Å². The number of carbonyl (C=O) groups is 1. The van der Waals surface area contributed by atoms with Gasteiger partial charge in [-0.05, 0) is 25.1 Å². The van der Waals surface area contributed by atoms with Crippen LogP contribution in [0.5, 0.6) is 11.5 Å².